The van der Waals surface area contributed by atoms with Crippen molar-refractivity contribution >= 4 is 0 Å². The van der Waals surface area contributed by atoms with Gasteiger partial charge < -0.3 is 10.0 Å². The maximum atomic E-state index is 10.2. The lowest BCUT2D eigenvalue weighted by Gasteiger charge is -2.36. The third-order valence-corrected chi connectivity index (χ3v) is 5.19. The van der Waals surface area contributed by atoms with E-state index in [0.29, 0.717) is 5.92 Å². The molecule has 2 aliphatic rings. The molecule has 1 N–H and O–H groups in total. The summed E-state index contributed by atoms with van der Waals surface area (Å²) in [4.78, 5) is 2.61. The summed E-state index contributed by atoms with van der Waals surface area (Å²) in [5, 5.41) is 10.2. The summed E-state index contributed by atoms with van der Waals surface area (Å²) in [6.45, 7) is 8.37. The number of aliphatic hydroxyl groups is 1. The van der Waals surface area contributed by atoms with Gasteiger partial charge in [0.25, 0.3) is 0 Å². The van der Waals surface area contributed by atoms with Crippen molar-refractivity contribution in [2.75, 3.05) is 19.6 Å². The zero-order chi connectivity index (χ0) is 13.0. The minimum atomic E-state index is -0.0321. The molecule has 2 fully saturated rings. The molecule has 18 heavy (non-hydrogen) atoms. The van der Waals surface area contributed by atoms with E-state index in [-0.39, 0.29) is 6.10 Å². The number of nitrogens with zero attached hydrogens (tertiary/aromatic N) is 1. The summed E-state index contributed by atoms with van der Waals surface area (Å²) in [7, 11) is 0. The van der Waals surface area contributed by atoms with Crippen LogP contribution in [0.3, 0.4) is 0 Å². The van der Waals surface area contributed by atoms with Gasteiger partial charge in [-0.25, -0.2) is 0 Å². The van der Waals surface area contributed by atoms with Crippen LogP contribution in [0.15, 0.2) is 0 Å². The Kier molecular flexibility index (Phi) is 5.50. The fourth-order valence-corrected chi connectivity index (χ4v) is 3.71. The Morgan fingerprint density at radius 1 is 1.00 bits per heavy atom. The SMILES string of the molecule is CC(C)C1CCN(CC2CCCCCC2O)CC1. The second-order valence-corrected chi connectivity index (χ2v) is 6.85. The summed E-state index contributed by atoms with van der Waals surface area (Å²) in [5.41, 5.74) is 0. The van der Waals surface area contributed by atoms with Gasteiger partial charge >= 0.3 is 0 Å². The van der Waals surface area contributed by atoms with Crippen molar-refractivity contribution in [1.29, 1.82) is 0 Å². The Labute approximate surface area is 113 Å². The van der Waals surface area contributed by atoms with Crippen molar-refractivity contribution in [2.24, 2.45) is 17.8 Å². The van der Waals surface area contributed by atoms with Crippen LogP contribution in [0.1, 0.15) is 58.8 Å². The Hall–Kier alpha value is -0.0800. The number of rotatable bonds is 3. The highest BCUT2D eigenvalue weighted by molar-refractivity contribution is 4.80. The largest absolute Gasteiger partial charge is 0.393 e. The molecule has 1 saturated carbocycles. The average molecular weight is 253 g/mol. The normalized spacial score (nSPS) is 32.7. The summed E-state index contributed by atoms with van der Waals surface area (Å²) in [5.74, 6) is 2.32. The second-order valence-electron chi connectivity index (χ2n) is 6.85. The summed E-state index contributed by atoms with van der Waals surface area (Å²) in [6.07, 6.45) is 8.84. The lowest BCUT2D eigenvalue weighted by molar-refractivity contribution is 0.0587. The quantitative estimate of drug-likeness (QED) is 0.780. The van der Waals surface area contributed by atoms with Crippen LogP contribution in [0.4, 0.5) is 0 Å². The van der Waals surface area contributed by atoms with Gasteiger partial charge in [0.15, 0.2) is 0 Å². The lowest BCUT2D eigenvalue weighted by atomic mass is 9.86. The highest BCUT2D eigenvalue weighted by Crippen LogP contribution is 2.28. The molecule has 1 heterocycles. The maximum absolute atomic E-state index is 10.2. The van der Waals surface area contributed by atoms with E-state index < -0.39 is 0 Å². The van der Waals surface area contributed by atoms with Crippen LogP contribution in [-0.4, -0.2) is 35.7 Å². The third-order valence-electron chi connectivity index (χ3n) is 5.19. The fraction of sp³-hybridized carbons (Fsp3) is 1.00. The van der Waals surface area contributed by atoms with E-state index in [1.807, 2.05) is 0 Å². The van der Waals surface area contributed by atoms with E-state index in [4.69, 9.17) is 0 Å². The van der Waals surface area contributed by atoms with Crippen molar-refractivity contribution in [3.05, 3.63) is 0 Å². The van der Waals surface area contributed by atoms with Crippen LogP contribution in [0.2, 0.25) is 0 Å². The molecule has 0 amide bonds. The smallest absolute Gasteiger partial charge is 0.0580 e. The van der Waals surface area contributed by atoms with E-state index in [0.717, 1.165) is 24.8 Å². The molecule has 2 rings (SSSR count). The molecule has 2 atom stereocenters. The first kappa shape index (κ1) is 14.3. The van der Waals surface area contributed by atoms with Crippen molar-refractivity contribution in [3.8, 4) is 0 Å². The Bertz CT molecular complexity index is 233. The molecule has 106 valence electrons. The third kappa shape index (κ3) is 3.96. The van der Waals surface area contributed by atoms with Gasteiger partial charge in [0.2, 0.25) is 0 Å². The monoisotopic (exact) mass is 253 g/mol. The zero-order valence-corrected chi connectivity index (χ0v) is 12.3. The molecule has 0 spiro atoms. The van der Waals surface area contributed by atoms with Crippen LogP contribution in [0.25, 0.3) is 0 Å². The lowest BCUT2D eigenvalue weighted by Crippen LogP contribution is -2.40. The van der Waals surface area contributed by atoms with Gasteiger partial charge in [-0.15, -0.1) is 0 Å². The number of aliphatic hydroxyl groups excluding tert-OH is 1. The molecule has 0 aromatic carbocycles. The maximum Gasteiger partial charge on any atom is 0.0580 e. The van der Waals surface area contributed by atoms with Gasteiger partial charge in [0, 0.05) is 6.54 Å². The first-order valence-electron chi connectivity index (χ1n) is 8.07. The standard InChI is InChI=1S/C16H31NO/c1-13(2)14-8-10-17(11-9-14)12-15-6-4-3-5-7-16(15)18/h13-16,18H,3-12H2,1-2H3. The molecular formula is C16H31NO. The molecule has 0 radical (unpaired) electrons. The van der Waals surface area contributed by atoms with Gasteiger partial charge in [0.05, 0.1) is 6.10 Å². The fourth-order valence-electron chi connectivity index (χ4n) is 3.71. The molecular weight excluding hydrogens is 222 g/mol. The molecule has 0 aromatic rings. The van der Waals surface area contributed by atoms with E-state index >= 15 is 0 Å². The van der Waals surface area contributed by atoms with Crippen LogP contribution in [0.5, 0.6) is 0 Å². The molecule has 2 heteroatoms. The number of piperidine rings is 1. The topological polar surface area (TPSA) is 23.5 Å². The van der Waals surface area contributed by atoms with Crippen LogP contribution >= 0.6 is 0 Å². The molecule has 1 saturated heterocycles. The molecule has 2 unspecified atom stereocenters. The van der Waals surface area contributed by atoms with E-state index in [1.54, 1.807) is 0 Å². The summed E-state index contributed by atoms with van der Waals surface area (Å²) < 4.78 is 0. The number of likely N-dealkylation sites (tertiary alicyclic amines) is 1. The molecule has 1 aliphatic heterocycles. The second kappa shape index (κ2) is 6.91. The first-order valence-corrected chi connectivity index (χ1v) is 8.07. The van der Waals surface area contributed by atoms with Gasteiger partial charge in [-0.05, 0) is 56.5 Å². The van der Waals surface area contributed by atoms with Crippen molar-refractivity contribution in [2.45, 2.75) is 64.9 Å². The predicted molar refractivity (Wildman–Crippen MR) is 76.6 cm³/mol. The minimum Gasteiger partial charge on any atom is -0.393 e. The van der Waals surface area contributed by atoms with Crippen LogP contribution in [-0.2, 0) is 0 Å². The van der Waals surface area contributed by atoms with Gasteiger partial charge in [-0.2, -0.15) is 0 Å². The Balaban J connectivity index is 1.76. The van der Waals surface area contributed by atoms with Crippen LogP contribution < -0.4 is 0 Å². The predicted octanol–water partition coefficient (Wildman–Crippen LogP) is 3.30. The van der Waals surface area contributed by atoms with Crippen molar-refractivity contribution in [3.63, 3.8) is 0 Å². The Morgan fingerprint density at radius 2 is 1.67 bits per heavy atom. The number of hydrogen-bond acceptors (Lipinski definition) is 2. The average Bonchev–Trinajstić information content (AvgIpc) is 2.56. The van der Waals surface area contributed by atoms with E-state index in [2.05, 4.69) is 18.7 Å². The van der Waals surface area contributed by atoms with Crippen LogP contribution in [0, 0.1) is 17.8 Å². The Morgan fingerprint density at radius 3 is 2.33 bits per heavy atom. The highest BCUT2D eigenvalue weighted by Gasteiger charge is 2.27. The first-order chi connectivity index (χ1) is 8.66. The molecule has 2 nitrogen and oxygen atoms in total. The van der Waals surface area contributed by atoms with Crippen molar-refractivity contribution in [1.82, 2.24) is 4.90 Å². The van der Waals surface area contributed by atoms with Gasteiger partial charge in [-0.1, -0.05) is 33.1 Å². The van der Waals surface area contributed by atoms with Gasteiger partial charge in [-0.3, -0.25) is 0 Å². The van der Waals surface area contributed by atoms with E-state index in [1.165, 1.54) is 51.6 Å². The molecule has 1 aliphatic carbocycles. The number of hydrogen-bond donors (Lipinski definition) is 1. The molecule has 0 bridgehead atoms. The van der Waals surface area contributed by atoms with E-state index in [9.17, 15) is 5.11 Å². The zero-order valence-electron chi connectivity index (χ0n) is 12.3. The highest BCUT2D eigenvalue weighted by atomic mass is 16.3. The summed E-state index contributed by atoms with van der Waals surface area (Å²) in [6, 6.07) is 0. The summed E-state index contributed by atoms with van der Waals surface area (Å²) >= 11 is 0. The van der Waals surface area contributed by atoms with Crippen molar-refractivity contribution < 1.29 is 5.11 Å². The van der Waals surface area contributed by atoms with Gasteiger partial charge in [0.1, 0.15) is 0 Å². The molecule has 0 aromatic heterocycles. The minimum absolute atomic E-state index is 0.0321.